The van der Waals surface area contributed by atoms with Crippen LogP contribution in [-0.4, -0.2) is 24.2 Å². The normalized spacial score (nSPS) is 11.4. The molecule has 1 aromatic rings. The van der Waals surface area contributed by atoms with Crippen molar-refractivity contribution >= 4 is 18.4 Å². The van der Waals surface area contributed by atoms with Gasteiger partial charge in [-0.25, -0.2) is 0 Å². The second-order valence-electron chi connectivity index (χ2n) is 3.41. The fourth-order valence-corrected chi connectivity index (χ4v) is 1.36. The van der Waals surface area contributed by atoms with Crippen LogP contribution >= 0.6 is 12.4 Å². The molecule has 1 rings (SSSR count). The number of nitrogens with two attached hydrogens (primary N) is 1. The van der Waals surface area contributed by atoms with E-state index in [4.69, 9.17) is 15.6 Å². The lowest BCUT2D eigenvalue weighted by molar-refractivity contribution is -0.137. The van der Waals surface area contributed by atoms with Gasteiger partial charge in [-0.3, -0.25) is 4.79 Å². The molecule has 5 heteroatoms. The van der Waals surface area contributed by atoms with Gasteiger partial charge in [0.05, 0.1) is 13.5 Å². The molecule has 0 bridgehead atoms. The Hall–Kier alpha value is -1.26. The Morgan fingerprint density at radius 2 is 2.00 bits per heavy atom. The number of halogens is 1. The predicted octanol–water partition coefficient (Wildman–Crippen LogP) is 1.46. The summed E-state index contributed by atoms with van der Waals surface area (Å²) in [6.07, 6.45) is 0.558. The minimum absolute atomic E-state index is 0. The smallest absolute Gasteiger partial charge is 0.304 e. The van der Waals surface area contributed by atoms with Crippen LogP contribution in [0.4, 0.5) is 0 Å². The molecule has 0 heterocycles. The SMILES string of the molecule is COc1ccc(C[C@H](N)CC(=O)O)cc1.Cl. The number of hydrogen-bond donors (Lipinski definition) is 2. The van der Waals surface area contributed by atoms with Gasteiger partial charge in [0.2, 0.25) is 0 Å². The van der Waals surface area contributed by atoms with Gasteiger partial charge in [0.1, 0.15) is 5.75 Å². The van der Waals surface area contributed by atoms with Crippen molar-refractivity contribution in [2.24, 2.45) is 5.73 Å². The maximum Gasteiger partial charge on any atom is 0.304 e. The maximum atomic E-state index is 10.4. The van der Waals surface area contributed by atoms with Crippen molar-refractivity contribution in [3.05, 3.63) is 29.8 Å². The molecule has 4 nitrogen and oxygen atoms in total. The van der Waals surface area contributed by atoms with Crippen LogP contribution in [0.2, 0.25) is 0 Å². The Labute approximate surface area is 101 Å². The number of carbonyl (C=O) groups is 1. The van der Waals surface area contributed by atoms with Crippen molar-refractivity contribution in [1.82, 2.24) is 0 Å². The Morgan fingerprint density at radius 1 is 1.44 bits per heavy atom. The summed E-state index contributed by atoms with van der Waals surface area (Å²) >= 11 is 0. The number of carboxylic acids is 1. The molecule has 0 aliphatic rings. The topological polar surface area (TPSA) is 72.5 Å². The molecule has 0 radical (unpaired) electrons. The summed E-state index contributed by atoms with van der Waals surface area (Å²) < 4.78 is 5.01. The molecule has 3 N–H and O–H groups in total. The first-order valence-electron chi connectivity index (χ1n) is 4.72. The Balaban J connectivity index is 0.00000225. The van der Waals surface area contributed by atoms with Gasteiger partial charge in [0, 0.05) is 6.04 Å². The Morgan fingerprint density at radius 3 is 2.44 bits per heavy atom. The maximum absolute atomic E-state index is 10.4. The molecule has 1 atom stereocenters. The van der Waals surface area contributed by atoms with Crippen LogP contribution in [0, 0.1) is 0 Å². The minimum atomic E-state index is -0.865. The van der Waals surface area contributed by atoms with Gasteiger partial charge in [-0.05, 0) is 24.1 Å². The number of benzene rings is 1. The zero-order valence-electron chi connectivity index (χ0n) is 9.05. The molecule has 0 fully saturated rings. The highest BCUT2D eigenvalue weighted by Crippen LogP contribution is 2.12. The molecule has 0 saturated carbocycles. The van der Waals surface area contributed by atoms with Crippen LogP contribution in [0.3, 0.4) is 0 Å². The molecule has 0 saturated heterocycles. The predicted molar refractivity (Wildman–Crippen MR) is 64.2 cm³/mol. The molecule has 0 unspecified atom stereocenters. The van der Waals surface area contributed by atoms with Crippen molar-refractivity contribution in [1.29, 1.82) is 0 Å². The zero-order chi connectivity index (χ0) is 11.3. The molecular weight excluding hydrogens is 230 g/mol. The number of carboxylic acid groups (broad SMARTS) is 1. The third-order valence-corrected chi connectivity index (χ3v) is 2.09. The van der Waals surface area contributed by atoms with Gasteiger partial charge >= 0.3 is 5.97 Å². The summed E-state index contributed by atoms with van der Waals surface area (Å²) in [5.41, 5.74) is 6.68. The van der Waals surface area contributed by atoms with Gasteiger partial charge in [-0.2, -0.15) is 0 Å². The summed E-state index contributed by atoms with van der Waals surface area (Å²) in [5.74, 6) is -0.0819. The van der Waals surface area contributed by atoms with E-state index < -0.39 is 5.97 Å². The van der Waals surface area contributed by atoms with Gasteiger partial charge in [0.15, 0.2) is 0 Å². The number of ether oxygens (including phenoxy) is 1. The van der Waals surface area contributed by atoms with Crippen LogP contribution in [0.25, 0.3) is 0 Å². The molecule has 0 aliphatic heterocycles. The summed E-state index contributed by atoms with van der Waals surface area (Å²) in [6, 6.07) is 7.11. The second-order valence-corrected chi connectivity index (χ2v) is 3.41. The second kappa shape index (κ2) is 7.09. The lowest BCUT2D eigenvalue weighted by atomic mass is 10.0. The minimum Gasteiger partial charge on any atom is -0.497 e. The third-order valence-electron chi connectivity index (χ3n) is 2.09. The number of aliphatic carboxylic acids is 1. The summed E-state index contributed by atoms with van der Waals surface area (Å²) in [5, 5.41) is 8.54. The number of methoxy groups -OCH3 is 1. The van der Waals surface area contributed by atoms with Gasteiger partial charge in [-0.1, -0.05) is 12.1 Å². The monoisotopic (exact) mass is 245 g/mol. The van der Waals surface area contributed by atoms with E-state index in [2.05, 4.69) is 0 Å². The third kappa shape index (κ3) is 5.00. The fourth-order valence-electron chi connectivity index (χ4n) is 1.36. The van der Waals surface area contributed by atoms with Crippen LogP contribution < -0.4 is 10.5 Å². The molecule has 0 aliphatic carbocycles. The first-order valence-corrected chi connectivity index (χ1v) is 4.72. The van der Waals surface area contributed by atoms with Gasteiger partial charge < -0.3 is 15.6 Å². The molecule has 16 heavy (non-hydrogen) atoms. The summed E-state index contributed by atoms with van der Waals surface area (Å²) in [7, 11) is 1.60. The van der Waals surface area contributed by atoms with E-state index in [1.165, 1.54) is 0 Å². The first-order chi connectivity index (χ1) is 7.11. The standard InChI is InChI=1S/C11H15NO3.ClH/c1-15-10-4-2-8(3-5-10)6-9(12)7-11(13)14;/h2-5,9H,6-7,12H2,1H3,(H,13,14);1H/t9-;/m0./s1. The highest BCUT2D eigenvalue weighted by molar-refractivity contribution is 5.85. The fraction of sp³-hybridized carbons (Fsp3) is 0.364. The summed E-state index contributed by atoms with van der Waals surface area (Å²) in [6.45, 7) is 0. The number of rotatable bonds is 5. The van der Waals surface area contributed by atoms with E-state index in [1.807, 2.05) is 24.3 Å². The number of hydrogen-bond acceptors (Lipinski definition) is 3. The average Bonchev–Trinajstić information content (AvgIpc) is 2.17. The van der Waals surface area contributed by atoms with Crippen LogP contribution in [0.5, 0.6) is 5.75 Å². The average molecular weight is 246 g/mol. The zero-order valence-corrected chi connectivity index (χ0v) is 9.87. The van der Waals surface area contributed by atoms with Crippen molar-refractivity contribution in [2.75, 3.05) is 7.11 Å². The molecule has 90 valence electrons. The van der Waals surface area contributed by atoms with Gasteiger partial charge in [-0.15, -0.1) is 12.4 Å². The van der Waals surface area contributed by atoms with E-state index in [0.717, 1.165) is 11.3 Å². The van der Waals surface area contributed by atoms with Crippen LogP contribution in [0.1, 0.15) is 12.0 Å². The van der Waals surface area contributed by atoms with Crippen molar-refractivity contribution in [2.45, 2.75) is 18.9 Å². The van der Waals surface area contributed by atoms with E-state index in [1.54, 1.807) is 7.11 Å². The van der Waals surface area contributed by atoms with Crippen molar-refractivity contribution < 1.29 is 14.6 Å². The van der Waals surface area contributed by atoms with Crippen LogP contribution in [0.15, 0.2) is 24.3 Å². The largest absolute Gasteiger partial charge is 0.497 e. The quantitative estimate of drug-likeness (QED) is 0.824. The lowest BCUT2D eigenvalue weighted by Gasteiger charge is -2.09. The molecule has 0 amide bonds. The highest BCUT2D eigenvalue weighted by Gasteiger charge is 2.08. The molecular formula is C11H16ClNO3. The Kier molecular flexibility index (Phi) is 6.53. The van der Waals surface area contributed by atoms with Crippen molar-refractivity contribution in [3.63, 3.8) is 0 Å². The molecule has 1 aromatic carbocycles. The lowest BCUT2D eigenvalue weighted by Crippen LogP contribution is -2.26. The summed E-state index contributed by atoms with van der Waals surface area (Å²) in [4.78, 5) is 10.4. The highest BCUT2D eigenvalue weighted by atomic mass is 35.5. The first kappa shape index (κ1) is 14.7. The van der Waals surface area contributed by atoms with E-state index >= 15 is 0 Å². The van der Waals surface area contributed by atoms with Crippen molar-refractivity contribution in [3.8, 4) is 5.75 Å². The van der Waals surface area contributed by atoms with E-state index in [0.29, 0.717) is 6.42 Å². The molecule has 0 aromatic heterocycles. The Bertz CT molecular complexity index is 327. The molecule has 0 spiro atoms. The van der Waals surface area contributed by atoms with Crippen LogP contribution in [-0.2, 0) is 11.2 Å². The van der Waals surface area contributed by atoms with E-state index in [9.17, 15) is 4.79 Å². The van der Waals surface area contributed by atoms with E-state index in [-0.39, 0.29) is 24.9 Å². The van der Waals surface area contributed by atoms with Gasteiger partial charge in [0.25, 0.3) is 0 Å².